The number of para-hydroxylation sites is 2. The zero-order valence-corrected chi connectivity index (χ0v) is 7.55. The fourth-order valence-electron chi connectivity index (χ4n) is 1.52. The maximum absolute atomic E-state index is 10.7. The van der Waals surface area contributed by atoms with E-state index in [1.807, 2.05) is 24.3 Å². The molecule has 0 atom stereocenters. The summed E-state index contributed by atoms with van der Waals surface area (Å²) < 4.78 is 1.71. The molecule has 0 aliphatic rings. The minimum absolute atomic E-state index is 0.00118. The van der Waals surface area contributed by atoms with Gasteiger partial charge in [0.05, 0.1) is 17.6 Å². The van der Waals surface area contributed by atoms with E-state index in [0.717, 1.165) is 11.0 Å². The largest absolute Gasteiger partial charge is 0.395 e. The molecule has 4 nitrogen and oxygen atoms in total. The molecule has 0 radical (unpaired) electrons. The first-order valence-electron chi connectivity index (χ1n) is 4.38. The van der Waals surface area contributed by atoms with Crippen LogP contribution in [0, 0.1) is 0 Å². The van der Waals surface area contributed by atoms with Crippen molar-refractivity contribution in [2.45, 2.75) is 6.54 Å². The number of rotatable bonds is 3. The van der Waals surface area contributed by atoms with Gasteiger partial charge in [0.15, 0.2) is 12.1 Å². The number of fused-ring (bicyclic) bond motifs is 1. The summed E-state index contributed by atoms with van der Waals surface area (Å²) in [5, 5.41) is 8.85. The van der Waals surface area contributed by atoms with Crippen molar-refractivity contribution in [3.8, 4) is 0 Å². The number of carbonyl (C=O) groups is 1. The van der Waals surface area contributed by atoms with Crippen molar-refractivity contribution in [3.05, 3.63) is 30.1 Å². The predicted octanol–water partition coefficient (Wildman–Crippen LogP) is 0.841. The van der Waals surface area contributed by atoms with E-state index >= 15 is 0 Å². The van der Waals surface area contributed by atoms with Gasteiger partial charge in [-0.25, -0.2) is 4.98 Å². The number of carbonyl (C=O) groups excluding carboxylic acids is 1. The summed E-state index contributed by atoms with van der Waals surface area (Å²) in [6.45, 7) is 0.399. The minimum atomic E-state index is 0.00118. The van der Waals surface area contributed by atoms with Crippen LogP contribution in [0.1, 0.15) is 10.6 Å². The van der Waals surface area contributed by atoms with E-state index in [-0.39, 0.29) is 6.61 Å². The molecule has 2 rings (SSSR count). The summed E-state index contributed by atoms with van der Waals surface area (Å²) in [5.41, 5.74) is 1.66. The molecule has 1 aromatic carbocycles. The monoisotopic (exact) mass is 190 g/mol. The quantitative estimate of drug-likeness (QED) is 0.730. The van der Waals surface area contributed by atoms with Gasteiger partial charge in [0.2, 0.25) is 0 Å². The number of imidazole rings is 1. The average Bonchev–Trinajstić information content (AvgIpc) is 2.58. The molecular weight excluding hydrogens is 180 g/mol. The number of aliphatic hydroxyl groups excluding tert-OH is 1. The van der Waals surface area contributed by atoms with Gasteiger partial charge in [-0.1, -0.05) is 12.1 Å². The summed E-state index contributed by atoms with van der Waals surface area (Å²) >= 11 is 0. The Kier molecular flexibility index (Phi) is 2.28. The van der Waals surface area contributed by atoms with E-state index in [1.54, 1.807) is 4.57 Å². The van der Waals surface area contributed by atoms with Crippen LogP contribution >= 0.6 is 0 Å². The second-order valence-corrected chi connectivity index (χ2v) is 2.95. The van der Waals surface area contributed by atoms with Crippen molar-refractivity contribution >= 4 is 17.3 Å². The molecule has 72 valence electrons. The molecule has 0 saturated heterocycles. The van der Waals surface area contributed by atoms with Gasteiger partial charge >= 0.3 is 0 Å². The molecule has 1 N–H and O–H groups in total. The third-order valence-electron chi connectivity index (χ3n) is 2.11. The highest BCUT2D eigenvalue weighted by molar-refractivity contribution is 5.82. The van der Waals surface area contributed by atoms with Crippen LogP contribution in [-0.2, 0) is 6.54 Å². The zero-order chi connectivity index (χ0) is 9.97. The lowest BCUT2D eigenvalue weighted by Crippen LogP contribution is -2.05. The van der Waals surface area contributed by atoms with Crippen LogP contribution in [0.15, 0.2) is 24.3 Å². The van der Waals surface area contributed by atoms with E-state index < -0.39 is 0 Å². The molecule has 14 heavy (non-hydrogen) atoms. The van der Waals surface area contributed by atoms with E-state index in [9.17, 15) is 4.79 Å². The fourth-order valence-corrected chi connectivity index (χ4v) is 1.52. The number of hydrogen-bond donors (Lipinski definition) is 1. The third kappa shape index (κ3) is 1.29. The van der Waals surface area contributed by atoms with Crippen molar-refractivity contribution < 1.29 is 9.90 Å². The Morgan fingerprint density at radius 2 is 2.21 bits per heavy atom. The second-order valence-electron chi connectivity index (χ2n) is 2.95. The molecule has 0 saturated carbocycles. The van der Waals surface area contributed by atoms with E-state index in [4.69, 9.17) is 5.11 Å². The van der Waals surface area contributed by atoms with Crippen molar-refractivity contribution in [1.82, 2.24) is 9.55 Å². The Morgan fingerprint density at radius 1 is 1.43 bits per heavy atom. The van der Waals surface area contributed by atoms with Crippen LogP contribution in [0.2, 0.25) is 0 Å². The first-order valence-corrected chi connectivity index (χ1v) is 4.38. The van der Waals surface area contributed by atoms with Crippen LogP contribution in [0.3, 0.4) is 0 Å². The number of aliphatic hydroxyl groups is 1. The molecule has 2 aromatic rings. The smallest absolute Gasteiger partial charge is 0.185 e. The van der Waals surface area contributed by atoms with Crippen LogP contribution in [0.25, 0.3) is 11.0 Å². The average molecular weight is 190 g/mol. The Labute approximate surface area is 80.8 Å². The summed E-state index contributed by atoms with van der Waals surface area (Å²) in [6.07, 6.45) is 0.704. The van der Waals surface area contributed by atoms with Crippen LogP contribution in [0.4, 0.5) is 0 Å². The lowest BCUT2D eigenvalue weighted by atomic mass is 10.3. The summed E-state index contributed by atoms with van der Waals surface area (Å²) in [4.78, 5) is 14.8. The SMILES string of the molecule is O=Cc1nc2ccccc2n1CCO. The third-order valence-corrected chi connectivity index (χ3v) is 2.11. The molecule has 4 heteroatoms. The van der Waals surface area contributed by atoms with Crippen LogP contribution in [0.5, 0.6) is 0 Å². The standard InChI is InChI=1S/C10H10N2O2/c13-6-5-12-9-4-2-1-3-8(9)11-10(12)7-14/h1-4,7,13H,5-6H2. The Morgan fingerprint density at radius 3 is 2.93 bits per heavy atom. The molecule has 0 amide bonds. The molecule has 0 aliphatic heterocycles. The van der Waals surface area contributed by atoms with Gasteiger partial charge in [-0.15, -0.1) is 0 Å². The molecule has 0 unspecified atom stereocenters. The number of benzene rings is 1. The highest BCUT2D eigenvalue weighted by atomic mass is 16.3. The van der Waals surface area contributed by atoms with Crippen molar-refractivity contribution in [1.29, 1.82) is 0 Å². The Hall–Kier alpha value is -1.68. The molecule has 1 heterocycles. The number of aromatic nitrogens is 2. The summed E-state index contributed by atoms with van der Waals surface area (Å²) in [7, 11) is 0. The topological polar surface area (TPSA) is 55.1 Å². The van der Waals surface area contributed by atoms with Gasteiger partial charge in [0.1, 0.15) is 0 Å². The van der Waals surface area contributed by atoms with E-state index in [2.05, 4.69) is 4.98 Å². The lowest BCUT2D eigenvalue weighted by Gasteiger charge is -2.01. The van der Waals surface area contributed by atoms with Crippen molar-refractivity contribution in [3.63, 3.8) is 0 Å². The first kappa shape index (κ1) is 8.90. The van der Waals surface area contributed by atoms with Crippen molar-refractivity contribution in [2.75, 3.05) is 6.61 Å². The molecule has 0 fully saturated rings. The maximum Gasteiger partial charge on any atom is 0.185 e. The van der Waals surface area contributed by atoms with Gasteiger partial charge in [0, 0.05) is 6.54 Å². The van der Waals surface area contributed by atoms with Gasteiger partial charge in [-0.3, -0.25) is 4.79 Å². The molecular formula is C10H10N2O2. The van der Waals surface area contributed by atoms with Crippen molar-refractivity contribution in [2.24, 2.45) is 0 Å². The number of hydrogen-bond acceptors (Lipinski definition) is 3. The van der Waals surface area contributed by atoms with Crippen LogP contribution in [-0.4, -0.2) is 27.6 Å². The minimum Gasteiger partial charge on any atom is -0.395 e. The van der Waals surface area contributed by atoms with E-state index in [0.29, 0.717) is 18.7 Å². The summed E-state index contributed by atoms with van der Waals surface area (Å²) in [6, 6.07) is 7.47. The second kappa shape index (κ2) is 3.59. The zero-order valence-electron chi connectivity index (χ0n) is 7.55. The Balaban J connectivity index is 2.67. The number of nitrogens with zero attached hydrogens (tertiary/aromatic N) is 2. The molecule has 0 bridgehead atoms. The molecule has 1 aromatic heterocycles. The normalized spacial score (nSPS) is 10.6. The number of aldehydes is 1. The van der Waals surface area contributed by atoms with Gasteiger partial charge in [-0.2, -0.15) is 0 Å². The van der Waals surface area contributed by atoms with Gasteiger partial charge in [-0.05, 0) is 12.1 Å². The predicted molar refractivity (Wildman–Crippen MR) is 52.2 cm³/mol. The van der Waals surface area contributed by atoms with Crippen LogP contribution < -0.4 is 0 Å². The molecule has 0 spiro atoms. The maximum atomic E-state index is 10.7. The van der Waals surface area contributed by atoms with Gasteiger partial charge < -0.3 is 9.67 Å². The van der Waals surface area contributed by atoms with Gasteiger partial charge in [0.25, 0.3) is 0 Å². The lowest BCUT2D eigenvalue weighted by molar-refractivity contribution is 0.111. The fraction of sp³-hybridized carbons (Fsp3) is 0.200. The highest BCUT2D eigenvalue weighted by Gasteiger charge is 2.07. The first-order chi connectivity index (χ1) is 6.86. The molecule has 0 aliphatic carbocycles. The Bertz CT molecular complexity index is 462. The highest BCUT2D eigenvalue weighted by Crippen LogP contribution is 2.14. The summed E-state index contributed by atoms with van der Waals surface area (Å²) in [5.74, 6) is 0.361. The van der Waals surface area contributed by atoms with E-state index in [1.165, 1.54) is 0 Å².